The predicted octanol–water partition coefficient (Wildman–Crippen LogP) is 2.58. The highest BCUT2D eigenvalue weighted by atomic mass is 35.5. The van der Waals surface area contributed by atoms with E-state index in [1.165, 1.54) is 12.1 Å². The minimum absolute atomic E-state index is 0.0362. The molecule has 0 unspecified atom stereocenters. The maximum atomic E-state index is 11.7. The Morgan fingerprint density at radius 1 is 1.24 bits per heavy atom. The number of aromatic carboxylic acids is 1. The van der Waals surface area contributed by atoms with Gasteiger partial charge in [-0.3, -0.25) is 4.79 Å². The summed E-state index contributed by atoms with van der Waals surface area (Å²) in [5.74, 6) is -1.50. The lowest BCUT2D eigenvalue weighted by Crippen LogP contribution is -2.25. The van der Waals surface area contributed by atoms with Gasteiger partial charge in [0.05, 0.1) is 15.6 Å². The number of carboxylic acids is 1. The lowest BCUT2D eigenvalue weighted by atomic mass is 10.1. The summed E-state index contributed by atoms with van der Waals surface area (Å²) in [6.45, 7) is 0. The van der Waals surface area contributed by atoms with Gasteiger partial charge in [0.1, 0.15) is 0 Å². The number of carboxylic acid groups (broad SMARTS) is 1. The lowest BCUT2D eigenvalue weighted by molar-refractivity contribution is 0.0696. The van der Waals surface area contributed by atoms with Crippen LogP contribution in [-0.4, -0.2) is 23.0 Å². The Kier molecular flexibility index (Phi) is 3.26. The van der Waals surface area contributed by atoms with E-state index in [2.05, 4.69) is 5.32 Å². The Balaban J connectivity index is 2.30. The van der Waals surface area contributed by atoms with Crippen molar-refractivity contribution in [2.45, 2.75) is 18.9 Å². The van der Waals surface area contributed by atoms with Crippen molar-refractivity contribution in [1.29, 1.82) is 0 Å². The van der Waals surface area contributed by atoms with E-state index in [0.717, 1.165) is 12.8 Å². The fourth-order valence-electron chi connectivity index (χ4n) is 1.40. The molecule has 90 valence electrons. The molecule has 0 heterocycles. The highest BCUT2D eigenvalue weighted by Gasteiger charge is 2.25. The van der Waals surface area contributed by atoms with Gasteiger partial charge in [-0.05, 0) is 25.0 Å². The van der Waals surface area contributed by atoms with Gasteiger partial charge in [0.25, 0.3) is 5.91 Å². The summed E-state index contributed by atoms with van der Waals surface area (Å²) in [5.41, 5.74) is 0.0909. The summed E-state index contributed by atoms with van der Waals surface area (Å²) in [7, 11) is 0. The van der Waals surface area contributed by atoms with E-state index >= 15 is 0 Å². The number of rotatable bonds is 3. The second-order valence-electron chi connectivity index (χ2n) is 3.87. The zero-order chi connectivity index (χ0) is 12.6. The van der Waals surface area contributed by atoms with E-state index in [1.807, 2.05) is 0 Å². The molecular formula is C11H9Cl2NO3. The highest BCUT2D eigenvalue weighted by Crippen LogP contribution is 2.27. The van der Waals surface area contributed by atoms with Crippen molar-refractivity contribution < 1.29 is 14.7 Å². The fraction of sp³-hybridized carbons (Fsp3) is 0.273. The molecule has 4 nitrogen and oxygen atoms in total. The van der Waals surface area contributed by atoms with Gasteiger partial charge < -0.3 is 10.4 Å². The topological polar surface area (TPSA) is 66.4 Å². The summed E-state index contributed by atoms with van der Waals surface area (Å²) < 4.78 is 0. The summed E-state index contributed by atoms with van der Waals surface area (Å²) in [5, 5.41) is 11.6. The first-order valence-corrected chi connectivity index (χ1v) is 5.78. The fourth-order valence-corrected chi connectivity index (χ4v) is 2.05. The van der Waals surface area contributed by atoms with E-state index in [9.17, 15) is 9.59 Å². The van der Waals surface area contributed by atoms with Crippen LogP contribution in [0.5, 0.6) is 0 Å². The van der Waals surface area contributed by atoms with Crippen LogP contribution in [-0.2, 0) is 0 Å². The molecule has 1 aromatic carbocycles. The molecule has 0 aliphatic heterocycles. The Morgan fingerprint density at radius 3 is 2.18 bits per heavy atom. The predicted molar refractivity (Wildman–Crippen MR) is 63.9 cm³/mol. The first-order chi connectivity index (χ1) is 7.99. The second kappa shape index (κ2) is 4.55. The summed E-state index contributed by atoms with van der Waals surface area (Å²) in [6, 6.07) is 2.85. The van der Waals surface area contributed by atoms with Crippen molar-refractivity contribution in [3.05, 3.63) is 33.3 Å². The number of nitrogens with one attached hydrogen (secondary N) is 1. The number of benzene rings is 1. The molecule has 1 fully saturated rings. The minimum atomic E-state index is -1.21. The molecule has 17 heavy (non-hydrogen) atoms. The van der Waals surface area contributed by atoms with E-state index in [0.29, 0.717) is 0 Å². The maximum absolute atomic E-state index is 11.7. The molecule has 1 aromatic rings. The summed E-state index contributed by atoms with van der Waals surface area (Å²) in [6.07, 6.45) is 1.95. The van der Waals surface area contributed by atoms with Crippen LogP contribution < -0.4 is 5.32 Å². The molecule has 1 amide bonds. The Labute approximate surface area is 108 Å². The van der Waals surface area contributed by atoms with E-state index < -0.39 is 5.97 Å². The zero-order valence-corrected chi connectivity index (χ0v) is 10.2. The average Bonchev–Trinajstić information content (AvgIpc) is 2.99. The van der Waals surface area contributed by atoms with Gasteiger partial charge in [-0.15, -0.1) is 0 Å². The van der Waals surface area contributed by atoms with Crippen molar-refractivity contribution in [2.24, 2.45) is 0 Å². The largest absolute Gasteiger partial charge is 0.478 e. The first-order valence-electron chi connectivity index (χ1n) is 5.02. The molecule has 0 saturated heterocycles. The number of carbonyl (C=O) groups excluding carboxylic acids is 1. The number of hydrogen-bond acceptors (Lipinski definition) is 2. The van der Waals surface area contributed by atoms with Gasteiger partial charge in [0, 0.05) is 11.6 Å². The SMILES string of the molecule is O=C(NC1CC1)c1cc(Cl)c(C(=O)O)c(Cl)c1. The zero-order valence-electron chi connectivity index (χ0n) is 8.67. The molecule has 0 bridgehead atoms. The van der Waals surface area contributed by atoms with Crippen molar-refractivity contribution in [2.75, 3.05) is 0 Å². The van der Waals surface area contributed by atoms with E-state index in [4.69, 9.17) is 28.3 Å². The molecular weight excluding hydrogens is 265 g/mol. The molecule has 1 aliphatic rings. The number of halogens is 2. The van der Waals surface area contributed by atoms with Gasteiger partial charge in [-0.2, -0.15) is 0 Å². The molecule has 6 heteroatoms. The maximum Gasteiger partial charge on any atom is 0.338 e. The van der Waals surface area contributed by atoms with Crippen LogP contribution in [0.1, 0.15) is 33.6 Å². The average molecular weight is 274 g/mol. The standard InChI is InChI=1S/C11H9Cl2NO3/c12-7-3-5(10(15)14-6-1-2-6)4-8(13)9(7)11(16)17/h3-4,6H,1-2H2,(H,14,15)(H,16,17). The molecule has 0 atom stereocenters. The van der Waals surface area contributed by atoms with Crippen LogP contribution in [0.4, 0.5) is 0 Å². The third-order valence-electron chi connectivity index (χ3n) is 2.43. The molecule has 2 rings (SSSR count). The third-order valence-corrected chi connectivity index (χ3v) is 3.03. The van der Waals surface area contributed by atoms with Gasteiger partial charge in [0.2, 0.25) is 0 Å². The quantitative estimate of drug-likeness (QED) is 0.890. The molecule has 2 N–H and O–H groups in total. The van der Waals surface area contributed by atoms with Crippen molar-refractivity contribution in [3.8, 4) is 0 Å². The molecule has 0 aromatic heterocycles. The molecule has 1 saturated carbocycles. The van der Waals surface area contributed by atoms with Crippen LogP contribution in [0.2, 0.25) is 10.0 Å². The van der Waals surface area contributed by atoms with E-state index in [-0.39, 0.29) is 33.1 Å². The lowest BCUT2D eigenvalue weighted by Gasteiger charge is -2.07. The first kappa shape index (κ1) is 12.2. The van der Waals surface area contributed by atoms with Gasteiger partial charge in [-0.1, -0.05) is 23.2 Å². The number of carbonyl (C=O) groups is 2. The second-order valence-corrected chi connectivity index (χ2v) is 4.68. The normalized spacial score (nSPS) is 14.5. The van der Waals surface area contributed by atoms with Gasteiger partial charge in [0.15, 0.2) is 0 Å². The Hall–Kier alpha value is -1.26. The third kappa shape index (κ3) is 2.70. The number of hydrogen-bond donors (Lipinski definition) is 2. The smallest absolute Gasteiger partial charge is 0.338 e. The van der Waals surface area contributed by atoms with Crippen LogP contribution in [0.25, 0.3) is 0 Å². The number of amides is 1. The van der Waals surface area contributed by atoms with Crippen LogP contribution in [0.3, 0.4) is 0 Å². The van der Waals surface area contributed by atoms with Crippen LogP contribution in [0.15, 0.2) is 12.1 Å². The van der Waals surface area contributed by atoms with Crippen molar-refractivity contribution in [3.63, 3.8) is 0 Å². The van der Waals surface area contributed by atoms with Gasteiger partial charge in [-0.25, -0.2) is 4.79 Å². The molecule has 0 spiro atoms. The summed E-state index contributed by atoms with van der Waals surface area (Å²) >= 11 is 11.6. The Bertz CT molecular complexity index is 474. The van der Waals surface area contributed by atoms with Crippen LogP contribution >= 0.6 is 23.2 Å². The van der Waals surface area contributed by atoms with Gasteiger partial charge >= 0.3 is 5.97 Å². The molecule has 0 radical (unpaired) electrons. The van der Waals surface area contributed by atoms with E-state index in [1.54, 1.807) is 0 Å². The van der Waals surface area contributed by atoms with Crippen molar-refractivity contribution in [1.82, 2.24) is 5.32 Å². The monoisotopic (exact) mass is 273 g/mol. The highest BCUT2D eigenvalue weighted by molar-refractivity contribution is 6.39. The summed E-state index contributed by atoms with van der Waals surface area (Å²) in [4.78, 5) is 22.5. The van der Waals surface area contributed by atoms with Crippen LogP contribution in [0, 0.1) is 0 Å². The Morgan fingerprint density at radius 2 is 1.76 bits per heavy atom. The minimum Gasteiger partial charge on any atom is -0.478 e. The molecule has 1 aliphatic carbocycles. The van der Waals surface area contributed by atoms with Crippen molar-refractivity contribution >= 4 is 35.1 Å².